The van der Waals surface area contributed by atoms with Crippen molar-refractivity contribution in [2.75, 3.05) is 4.90 Å². The van der Waals surface area contributed by atoms with E-state index in [4.69, 9.17) is 0 Å². The summed E-state index contributed by atoms with van der Waals surface area (Å²) < 4.78 is 2.60. The van der Waals surface area contributed by atoms with Crippen molar-refractivity contribution in [2.24, 2.45) is 0 Å². The maximum atomic E-state index is 2.63. The van der Waals surface area contributed by atoms with Crippen molar-refractivity contribution in [3.63, 3.8) is 0 Å². The quantitative estimate of drug-likeness (QED) is 0.223. The Bertz CT molecular complexity index is 1800. The molecule has 242 valence electrons. The standard InChI is InChI=1S/C44H56N2/c1-12-15-30-18-19-31-24-26-44(11,27-25-37(31)45(43(8,9)10)38-17-14-13-16-34(30)38)46-39-22-20-32(41(2,3)4)28-35(39)36-29-33(42(5,6)7)21-23-40(36)46/h13-14,16-17,20-30H,12,15,18-19H2,1-11H3. The number of anilines is 1. The van der Waals surface area contributed by atoms with E-state index in [-0.39, 0.29) is 21.9 Å². The highest BCUT2D eigenvalue weighted by Gasteiger charge is 2.34. The van der Waals surface area contributed by atoms with Crippen LogP contribution < -0.4 is 4.90 Å². The minimum atomic E-state index is -0.348. The van der Waals surface area contributed by atoms with Gasteiger partial charge in [0.25, 0.3) is 0 Å². The molecule has 2 atom stereocenters. The van der Waals surface area contributed by atoms with Crippen LogP contribution in [0.5, 0.6) is 0 Å². The van der Waals surface area contributed by atoms with Crippen LogP contribution >= 0.6 is 0 Å². The number of hydrogen-bond acceptors (Lipinski definition) is 1. The summed E-state index contributed by atoms with van der Waals surface area (Å²) in [5.74, 6) is 0.568. The Morgan fingerprint density at radius 2 is 1.30 bits per heavy atom. The topological polar surface area (TPSA) is 8.17 Å². The molecule has 0 saturated heterocycles. The second kappa shape index (κ2) is 11.3. The lowest BCUT2D eigenvalue weighted by Gasteiger charge is -2.43. The molecule has 0 saturated carbocycles. The van der Waals surface area contributed by atoms with Gasteiger partial charge in [-0.15, -0.1) is 0 Å². The third-order valence-electron chi connectivity index (χ3n) is 10.4. The van der Waals surface area contributed by atoms with Crippen LogP contribution in [-0.4, -0.2) is 10.1 Å². The molecule has 6 rings (SSSR count). The van der Waals surface area contributed by atoms with Crippen molar-refractivity contribution >= 4 is 27.5 Å². The number of nitrogens with zero attached hydrogens (tertiary/aromatic N) is 2. The van der Waals surface area contributed by atoms with Crippen LogP contribution in [0.3, 0.4) is 0 Å². The zero-order valence-corrected chi connectivity index (χ0v) is 30.4. The lowest BCUT2D eigenvalue weighted by Crippen LogP contribution is -2.42. The number of para-hydroxylation sites is 1. The van der Waals surface area contributed by atoms with Gasteiger partial charge in [-0.2, -0.15) is 0 Å². The van der Waals surface area contributed by atoms with E-state index in [1.165, 1.54) is 74.7 Å². The molecule has 0 fully saturated rings. The fourth-order valence-corrected chi connectivity index (χ4v) is 7.84. The van der Waals surface area contributed by atoms with Crippen molar-refractivity contribution in [3.8, 4) is 0 Å². The average molecular weight is 613 g/mol. The fourth-order valence-electron chi connectivity index (χ4n) is 7.84. The molecule has 0 bridgehead atoms. The average Bonchev–Trinajstić information content (AvgIpc) is 3.21. The molecule has 0 spiro atoms. The van der Waals surface area contributed by atoms with Crippen molar-refractivity contribution in [3.05, 3.63) is 113 Å². The lowest BCUT2D eigenvalue weighted by atomic mass is 9.84. The van der Waals surface area contributed by atoms with Crippen LogP contribution in [0.1, 0.15) is 124 Å². The molecule has 0 N–H and O–H groups in total. The van der Waals surface area contributed by atoms with Gasteiger partial charge in [-0.1, -0.05) is 103 Å². The van der Waals surface area contributed by atoms with Gasteiger partial charge in [0, 0.05) is 27.7 Å². The highest BCUT2D eigenvalue weighted by Crippen LogP contribution is 2.45. The Morgan fingerprint density at radius 3 is 1.85 bits per heavy atom. The summed E-state index contributed by atoms with van der Waals surface area (Å²) in [7, 11) is 0. The molecule has 46 heavy (non-hydrogen) atoms. The zero-order chi connectivity index (χ0) is 33.2. The number of hydrogen-bond donors (Lipinski definition) is 0. The fraction of sp³-hybridized carbons (Fsp3) is 0.455. The van der Waals surface area contributed by atoms with Crippen molar-refractivity contribution in [2.45, 2.75) is 130 Å². The Balaban J connectivity index is 1.57. The summed E-state index contributed by atoms with van der Waals surface area (Å²) in [5, 5.41) is 2.69. The van der Waals surface area contributed by atoms with Gasteiger partial charge in [0.15, 0.2) is 0 Å². The Hall–Kier alpha value is -3.52. The van der Waals surface area contributed by atoms with Gasteiger partial charge < -0.3 is 9.47 Å². The summed E-state index contributed by atoms with van der Waals surface area (Å²) in [5.41, 5.74) is 10.7. The van der Waals surface area contributed by atoms with E-state index in [9.17, 15) is 0 Å². The van der Waals surface area contributed by atoms with Crippen LogP contribution in [0.4, 0.5) is 5.69 Å². The van der Waals surface area contributed by atoms with E-state index in [0.717, 1.165) is 6.42 Å². The number of benzene rings is 3. The molecule has 0 radical (unpaired) electrons. The number of aromatic nitrogens is 1. The summed E-state index contributed by atoms with van der Waals surface area (Å²) in [6, 6.07) is 23.6. The predicted octanol–water partition coefficient (Wildman–Crippen LogP) is 12.5. The number of rotatable bonds is 3. The van der Waals surface area contributed by atoms with Crippen molar-refractivity contribution < 1.29 is 0 Å². The molecule has 1 aromatic heterocycles. The second-order valence-electron chi connectivity index (χ2n) is 17.2. The van der Waals surface area contributed by atoms with E-state index in [2.05, 4.69) is 171 Å². The van der Waals surface area contributed by atoms with Gasteiger partial charge >= 0.3 is 0 Å². The molecule has 0 amide bonds. The van der Waals surface area contributed by atoms with Crippen LogP contribution in [0.25, 0.3) is 21.8 Å². The van der Waals surface area contributed by atoms with Gasteiger partial charge in [0.2, 0.25) is 0 Å². The van der Waals surface area contributed by atoms with Crippen LogP contribution in [0, 0.1) is 0 Å². The Morgan fingerprint density at radius 1 is 0.739 bits per heavy atom. The normalized spacial score (nSPS) is 20.9. The third-order valence-corrected chi connectivity index (χ3v) is 10.4. The molecule has 3 aromatic carbocycles. The van der Waals surface area contributed by atoms with Gasteiger partial charge in [-0.25, -0.2) is 0 Å². The first kappa shape index (κ1) is 32.4. The molecule has 1 aliphatic carbocycles. The molecule has 2 unspecified atom stereocenters. The minimum Gasteiger partial charge on any atom is -0.336 e. The summed E-state index contributed by atoms with van der Waals surface area (Å²) in [4.78, 5) is 2.63. The minimum absolute atomic E-state index is 0.0801. The number of fused-ring (bicyclic) bond motifs is 4. The molecule has 2 heteroatoms. The Kier molecular flexibility index (Phi) is 7.98. The van der Waals surface area contributed by atoms with E-state index in [1.54, 1.807) is 0 Å². The summed E-state index contributed by atoms with van der Waals surface area (Å²) in [6.07, 6.45) is 14.5. The largest absolute Gasteiger partial charge is 0.336 e. The molecular weight excluding hydrogens is 556 g/mol. The lowest BCUT2D eigenvalue weighted by molar-refractivity contribution is 0.518. The molecule has 1 aliphatic heterocycles. The zero-order valence-electron chi connectivity index (χ0n) is 30.4. The predicted molar refractivity (Wildman–Crippen MR) is 201 cm³/mol. The molecule has 2 nitrogen and oxygen atoms in total. The van der Waals surface area contributed by atoms with E-state index in [1.807, 2.05) is 0 Å². The molecule has 2 heterocycles. The number of allylic oxidation sites excluding steroid dienone is 5. The van der Waals surface area contributed by atoms with Crippen LogP contribution in [0.2, 0.25) is 0 Å². The van der Waals surface area contributed by atoms with Crippen LogP contribution in [-0.2, 0) is 16.4 Å². The highest BCUT2D eigenvalue weighted by atomic mass is 15.2. The Labute approximate surface area is 278 Å². The first-order valence-corrected chi connectivity index (χ1v) is 17.6. The van der Waals surface area contributed by atoms with E-state index in [0.29, 0.717) is 5.92 Å². The first-order valence-electron chi connectivity index (χ1n) is 17.6. The van der Waals surface area contributed by atoms with Gasteiger partial charge in [0.05, 0.1) is 16.6 Å². The molecule has 4 aromatic rings. The first-order chi connectivity index (χ1) is 21.5. The summed E-state index contributed by atoms with van der Waals surface area (Å²) >= 11 is 0. The maximum absolute atomic E-state index is 2.63. The van der Waals surface area contributed by atoms with Crippen molar-refractivity contribution in [1.29, 1.82) is 0 Å². The van der Waals surface area contributed by atoms with Gasteiger partial charge in [-0.3, -0.25) is 0 Å². The summed E-state index contributed by atoms with van der Waals surface area (Å²) in [6.45, 7) is 25.7. The van der Waals surface area contributed by atoms with Crippen LogP contribution in [0.15, 0.2) is 96.2 Å². The van der Waals surface area contributed by atoms with E-state index >= 15 is 0 Å². The van der Waals surface area contributed by atoms with Crippen molar-refractivity contribution in [1.82, 2.24) is 4.57 Å². The second-order valence-corrected chi connectivity index (χ2v) is 17.2. The molecule has 2 aliphatic rings. The van der Waals surface area contributed by atoms with Gasteiger partial charge in [0.1, 0.15) is 0 Å². The SMILES string of the molecule is CCCC1CCC2=C(C=CC(C)(n3c4ccc(C(C)(C)C)cc4c4cc(C(C)(C)C)ccc43)C=C2)N(C(C)(C)C)c2ccccc21. The highest BCUT2D eigenvalue weighted by molar-refractivity contribution is 6.09. The van der Waals surface area contributed by atoms with E-state index < -0.39 is 0 Å². The maximum Gasteiger partial charge on any atom is 0.0796 e. The van der Waals surface area contributed by atoms with Gasteiger partial charge in [-0.05, 0) is 122 Å². The monoisotopic (exact) mass is 612 g/mol. The third kappa shape index (κ3) is 5.67. The smallest absolute Gasteiger partial charge is 0.0796 e. The molecular formula is C44H56N2.